The molecule has 0 fully saturated rings. The van der Waals surface area contributed by atoms with E-state index in [0.717, 1.165) is 29.7 Å². The maximum Gasteiger partial charge on any atom is 0.268 e. The smallest absolute Gasteiger partial charge is 0.268 e. The molecular weight excluding hydrogens is 326 g/mol. The molecule has 1 aromatic heterocycles. The van der Waals surface area contributed by atoms with Gasteiger partial charge in [-0.1, -0.05) is 13.3 Å². The van der Waals surface area contributed by atoms with E-state index < -0.39 is 27.9 Å². The van der Waals surface area contributed by atoms with E-state index in [9.17, 15) is 22.0 Å². The Morgan fingerprint density at radius 3 is 2.57 bits per heavy atom. The molecule has 1 N–H and O–H groups in total. The fraction of sp³-hybridized carbons (Fsp3) is 0.583. The van der Waals surface area contributed by atoms with Crippen LogP contribution in [-0.4, -0.2) is 31.4 Å². The first-order valence-corrected chi connectivity index (χ1v) is 8.70. The van der Waals surface area contributed by atoms with Crippen molar-refractivity contribution in [1.29, 1.82) is 0 Å². The normalized spacial score (nSPS) is 13.4. The fourth-order valence-corrected chi connectivity index (χ4v) is 2.67. The van der Waals surface area contributed by atoms with Gasteiger partial charge in [-0.2, -0.15) is 0 Å². The van der Waals surface area contributed by atoms with Crippen molar-refractivity contribution >= 4 is 25.6 Å². The highest BCUT2D eigenvalue weighted by atomic mass is 35.7. The van der Waals surface area contributed by atoms with Crippen LogP contribution in [0.1, 0.15) is 37.2 Å². The minimum Gasteiger partial charge on any atom is -0.348 e. The van der Waals surface area contributed by atoms with Crippen LogP contribution < -0.4 is 5.32 Å². The summed E-state index contributed by atoms with van der Waals surface area (Å²) in [7, 11) is 1.09. The number of halogens is 3. The lowest BCUT2D eigenvalue weighted by molar-refractivity contribution is 0.0915. The predicted octanol–water partition coefficient (Wildman–Crippen LogP) is 2.60. The molecule has 0 radical (unpaired) electrons. The summed E-state index contributed by atoms with van der Waals surface area (Å²) < 4.78 is 48.5. The number of hydrogen-bond acceptors (Lipinski definition) is 3. The molecule has 1 unspecified atom stereocenters. The molecule has 0 aliphatic carbocycles. The summed E-state index contributed by atoms with van der Waals surface area (Å²) in [5.74, 6) is -0.608. The van der Waals surface area contributed by atoms with Gasteiger partial charge in [0.1, 0.15) is 10.6 Å². The maximum absolute atomic E-state index is 12.5. The van der Waals surface area contributed by atoms with Gasteiger partial charge in [0, 0.05) is 22.9 Å². The highest BCUT2D eigenvalue weighted by Gasteiger charge is 2.22. The zero-order valence-corrected chi connectivity index (χ0v) is 13.2. The Labute approximate surface area is 126 Å². The average molecular weight is 343 g/mol. The lowest BCUT2D eigenvalue weighted by Crippen LogP contribution is -2.34. The quantitative estimate of drug-likeness (QED) is 0.774. The monoisotopic (exact) mass is 342 g/mol. The first-order valence-electron chi connectivity index (χ1n) is 6.39. The third-order valence-corrected chi connectivity index (χ3v) is 4.14. The van der Waals surface area contributed by atoms with Crippen molar-refractivity contribution in [3.63, 3.8) is 0 Å². The van der Waals surface area contributed by atoms with E-state index in [1.54, 1.807) is 6.92 Å². The van der Waals surface area contributed by atoms with E-state index in [2.05, 4.69) is 5.32 Å². The molecule has 120 valence electrons. The molecule has 21 heavy (non-hydrogen) atoms. The van der Waals surface area contributed by atoms with Crippen molar-refractivity contribution in [1.82, 2.24) is 9.88 Å². The minimum absolute atomic E-state index is 0.145. The lowest BCUT2D eigenvalue weighted by atomic mass is 10.2. The van der Waals surface area contributed by atoms with Gasteiger partial charge < -0.3 is 9.88 Å². The van der Waals surface area contributed by atoms with Gasteiger partial charge in [0.15, 0.2) is 0 Å². The van der Waals surface area contributed by atoms with E-state index in [1.165, 1.54) is 0 Å². The van der Waals surface area contributed by atoms with Crippen molar-refractivity contribution < 1.29 is 22.0 Å². The van der Waals surface area contributed by atoms with Gasteiger partial charge in [-0.25, -0.2) is 17.2 Å². The summed E-state index contributed by atoms with van der Waals surface area (Å²) in [4.78, 5) is 11.7. The fourth-order valence-electron chi connectivity index (χ4n) is 1.91. The number of alkyl halides is 2. The Morgan fingerprint density at radius 1 is 1.48 bits per heavy atom. The van der Waals surface area contributed by atoms with E-state index in [4.69, 9.17) is 10.7 Å². The van der Waals surface area contributed by atoms with Crippen LogP contribution in [-0.2, 0) is 15.6 Å². The molecule has 0 saturated carbocycles. The molecule has 0 bridgehead atoms. The van der Waals surface area contributed by atoms with Gasteiger partial charge in [0.2, 0.25) is 0 Å². The van der Waals surface area contributed by atoms with Crippen LogP contribution >= 0.6 is 10.7 Å². The van der Waals surface area contributed by atoms with Crippen LogP contribution in [0.15, 0.2) is 17.2 Å². The second-order valence-corrected chi connectivity index (χ2v) is 7.27. The Bertz CT molecular complexity index is 602. The molecule has 1 atom stereocenters. The highest BCUT2D eigenvalue weighted by Crippen LogP contribution is 2.20. The molecular formula is C12H17ClF2N2O3S. The largest absolute Gasteiger partial charge is 0.348 e. The number of rotatable bonds is 7. The summed E-state index contributed by atoms with van der Waals surface area (Å²) in [6, 6.07) is 0.854. The van der Waals surface area contributed by atoms with Crippen LogP contribution in [0.4, 0.5) is 8.78 Å². The Kier molecular flexibility index (Phi) is 6.15. The number of aromatic nitrogens is 1. The number of nitrogens with one attached hydrogen (secondary N) is 1. The second-order valence-electron chi connectivity index (χ2n) is 4.71. The topological polar surface area (TPSA) is 68.2 Å². The standard InChI is InChI=1S/C12H17ClF2N2O3S/c1-3-4-8(2)16-12(18)10-5-9(21(13,19)20)6-17(10)7-11(14)15/h5-6,8,11H,3-4,7H2,1-2H3,(H,16,18). The van der Waals surface area contributed by atoms with Crippen LogP contribution in [0.2, 0.25) is 0 Å². The van der Waals surface area contributed by atoms with E-state index in [-0.39, 0.29) is 16.6 Å². The number of carbonyl (C=O) groups is 1. The lowest BCUT2D eigenvalue weighted by Gasteiger charge is -2.14. The van der Waals surface area contributed by atoms with E-state index >= 15 is 0 Å². The first kappa shape index (κ1) is 17.9. The summed E-state index contributed by atoms with van der Waals surface area (Å²) in [5, 5.41) is 2.63. The molecule has 1 aromatic rings. The molecule has 0 spiro atoms. The van der Waals surface area contributed by atoms with E-state index in [0.29, 0.717) is 0 Å². The predicted molar refractivity (Wildman–Crippen MR) is 75.3 cm³/mol. The van der Waals surface area contributed by atoms with Crippen molar-refractivity contribution in [2.45, 2.75) is 50.6 Å². The van der Waals surface area contributed by atoms with Gasteiger partial charge >= 0.3 is 0 Å². The summed E-state index contributed by atoms with van der Waals surface area (Å²) in [6.45, 7) is 2.94. The maximum atomic E-state index is 12.5. The molecule has 0 aromatic carbocycles. The Hall–Kier alpha value is -1.15. The second kappa shape index (κ2) is 7.22. The number of hydrogen-bond donors (Lipinski definition) is 1. The highest BCUT2D eigenvalue weighted by molar-refractivity contribution is 8.13. The molecule has 5 nitrogen and oxygen atoms in total. The van der Waals surface area contributed by atoms with Crippen molar-refractivity contribution in [3.8, 4) is 0 Å². The zero-order chi connectivity index (χ0) is 16.2. The van der Waals surface area contributed by atoms with Gasteiger partial charge in [0.25, 0.3) is 21.4 Å². The molecule has 0 aliphatic heterocycles. The SMILES string of the molecule is CCCC(C)NC(=O)c1cc(S(=O)(=O)Cl)cn1CC(F)F. The molecule has 1 rings (SSSR count). The average Bonchev–Trinajstić information content (AvgIpc) is 2.71. The van der Waals surface area contributed by atoms with Crippen LogP contribution in [0.25, 0.3) is 0 Å². The molecule has 9 heteroatoms. The zero-order valence-electron chi connectivity index (χ0n) is 11.6. The third-order valence-electron chi connectivity index (χ3n) is 2.82. The first-order chi connectivity index (χ1) is 9.65. The van der Waals surface area contributed by atoms with Gasteiger partial charge in [0.05, 0.1) is 6.54 Å². The number of nitrogens with zero attached hydrogens (tertiary/aromatic N) is 1. The Balaban J connectivity index is 3.08. The van der Waals surface area contributed by atoms with Crippen molar-refractivity contribution in [2.75, 3.05) is 0 Å². The molecule has 1 heterocycles. The van der Waals surface area contributed by atoms with Crippen LogP contribution in [0.3, 0.4) is 0 Å². The molecule has 1 amide bonds. The van der Waals surface area contributed by atoms with Crippen LogP contribution in [0.5, 0.6) is 0 Å². The van der Waals surface area contributed by atoms with Crippen molar-refractivity contribution in [3.05, 3.63) is 18.0 Å². The summed E-state index contributed by atoms with van der Waals surface area (Å²) >= 11 is 0. The third kappa shape index (κ3) is 5.28. The number of amides is 1. The van der Waals surface area contributed by atoms with Gasteiger partial charge in [-0.15, -0.1) is 0 Å². The van der Waals surface area contributed by atoms with Crippen molar-refractivity contribution in [2.24, 2.45) is 0 Å². The minimum atomic E-state index is -4.09. The molecule has 0 aliphatic rings. The Morgan fingerprint density at radius 2 is 2.10 bits per heavy atom. The molecule has 0 saturated heterocycles. The van der Waals surface area contributed by atoms with Gasteiger partial charge in [-0.05, 0) is 19.4 Å². The van der Waals surface area contributed by atoms with E-state index in [1.807, 2.05) is 6.92 Å². The summed E-state index contributed by atoms with van der Waals surface area (Å²) in [5.41, 5.74) is -0.155. The van der Waals surface area contributed by atoms with Gasteiger partial charge in [-0.3, -0.25) is 4.79 Å². The summed E-state index contributed by atoms with van der Waals surface area (Å²) in [6.07, 6.45) is -0.209. The number of carbonyl (C=O) groups excluding carboxylic acids is 1. The van der Waals surface area contributed by atoms with Crippen LogP contribution in [0, 0.1) is 0 Å².